The van der Waals surface area contributed by atoms with E-state index in [0.717, 1.165) is 17.7 Å². The summed E-state index contributed by atoms with van der Waals surface area (Å²) >= 11 is 0. The summed E-state index contributed by atoms with van der Waals surface area (Å²) in [5.41, 5.74) is 2.75. The van der Waals surface area contributed by atoms with Gasteiger partial charge in [-0.2, -0.15) is 0 Å². The van der Waals surface area contributed by atoms with Crippen molar-refractivity contribution in [3.63, 3.8) is 0 Å². The number of benzene rings is 1. The highest BCUT2D eigenvalue weighted by atomic mass is 16.2. The zero-order valence-electron chi connectivity index (χ0n) is 15.3. The number of anilines is 1. The molecule has 1 heterocycles. The van der Waals surface area contributed by atoms with Crippen LogP contribution in [0.25, 0.3) is 0 Å². The molecule has 0 saturated carbocycles. The first kappa shape index (κ1) is 17.9. The second kappa shape index (κ2) is 7.15. The van der Waals surface area contributed by atoms with Crippen LogP contribution in [0.3, 0.4) is 0 Å². The average Bonchev–Trinajstić information content (AvgIpc) is 2.61. The number of nitrogens with zero attached hydrogens (tertiary/aromatic N) is 2. The monoisotopic (exact) mass is 353 g/mol. The Kier molecular flexibility index (Phi) is 4.93. The fraction of sp³-hybridized carbons (Fsp3) is 0.350. The maximum absolute atomic E-state index is 12.7. The van der Waals surface area contributed by atoms with E-state index in [2.05, 4.69) is 4.98 Å². The van der Waals surface area contributed by atoms with Gasteiger partial charge in [0.25, 0.3) is 11.5 Å². The van der Waals surface area contributed by atoms with E-state index in [4.69, 9.17) is 0 Å². The third-order valence-electron chi connectivity index (χ3n) is 4.70. The smallest absolute Gasteiger partial charge is 0.261 e. The van der Waals surface area contributed by atoms with Crippen LogP contribution in [0, 0.1) is 0 Å². The van der Waals surface area contributed by atoms with E-state index in [1.54, 1.807) is 7.05 Å². The van der Waals surface area contributed by atoms with Gasteiger partial charge in [-0.25, -0.2) is 0 Å². The predicted molar refractivity (Wildman–Crippen MR) is 101 cm³/mol. The van der Waals surface area contributed by atoms with Gasteiger partial charge in [-0.05, 0) is 36.6 Å². The van der Waals surface area contributed by atoms with Gasteiger partial charge in [-0.15, -0.1) is 0 Å². The van der Waals surface area contributed by atoms with Crippen LogP contribution < -0.4 is 10.5 Å². The van der Waals surface area contributed by atoms with Crippen LogP contribution in [0.1, 0.15) is 44.8 Å². The molecule has 1 aliphatic carbocycles. The van der Waals surface area contributed by atoms with Crippen LogP contribution in [-0.2, 0) is 13.0 Å². The molecule has 0 fully saturated rings. The molecule has 2 aromatic rings. The van der Waals surface area contributed by atoms with Crippen molar-refractivity contribution in [3.8, 4) is 0 Å². The first-order valence-electron chi connectivity index (χ1n) is 8.68. The summed E-state index contributed by atoms with van der Waals surface area (Å²) in [4.78, 5) is 43.3. The lowest BCUT2D eigenvalue weighted by atomic mass is 9.93. The molecule has 3 rings (SSSR count). The molecule has 0 radical (unpaired) electrons. The summed E-state index contributed by atoms with van der Waals surface area (Å²) in [5, 5.41) is 0. The van der Waals surface area contributed by atoms with E-state index in [0.29, 0.717) is 30.6 Å². The summed E-state index contributed by atoms with van der Waals surface area (Å²) in [6.07, 6.45) is 1.86. The molecule has 136 valence electrons. The second-order valence-corrected chi connectivity index (χ2v) is 6.90. The Morgan fingerprint density at radius 1 is 1.08 bits per heavy atom. The van der Waals surface area contributed by atoms with Crippen molar-refractivity contribution >= 4 is 17.4 Å². The SMILES string of the molecule is CN(Cc1ccc(N(C)C)cc1)C(=O)c1cc2c([nH]c1=O)CCCC2=O. The van der Waals surface area contributed by atoms with Gasteiger partial charge in [0, 0.05) is 51.1 Å². The van der Waals surface area contributed by atoms with Crippen LogP contribution in [0.15, 0.2) is 35.1 Å². The molecular formula is C20H23N3O3. The molecule has 0 aliphatic heterocycles. The number of carbonyl (C=O) groups is 2. The lowest BCUT2D eigenvalue weighted by Crippen LogP contribution is -2.33. The first-order chi connectivity index (χ1) is 12.4. The number of fused-ring (bicyclic) bond motifs is 1. The molecule has 1 aromatic heterocycles. The summed E-state index contributed by atoms with van der Waals surface area (Å²) < 4.78 is 0. The van der Waals surface area contributed by atoms with Crippen LogP contribution in [0.5, 0.6) is 0 Å². The molecular weight excluding hydrogens is 330 g/mol. The maximum Gasteiger partial charge on any atom is 0.261 e. The van der Waals surface area contributed by atoms with Crippen molar-refractivity contribution in [1.82, 2.24) is 9.88 Å². The highest BCUT2D eigenvalue weighted by molar-refractivity contribution is 6.01. The molecule has 26 heavy (non-hydrogen) atoms. The molecule has 6 nitrogen and oxygen atoms in total. The Hall–Kier alpha value is -2.89. The van der Waals surface area contributed by atoms with Crippen molar-refractivity contribution in [2.24, 2.45) is 0 Å². The number of ketones is 1. The quantitative estimate of drug-likeness (QED) is 0.915. The number of amides is 1. The molecule has 1 amide bonds. The minimum atomic E-state index is -0.432. The van der Waals surface area contributed by atoms with E-state index in [-0.39, 0.29) is 17.3 Å². The molecule has 1 aromatic carbocycles. The Morgan fingerprint density at radius 2 is 1.77 bits per heavy atom. The van der Waals surface area contributed by atoms with Crippen molar-refractivity contribution < 1.29 is 9.59 Å². The molecule has 0 unspecified atom stereocenters. The average molecular weight is 353 g/mol. The van der Waals surface area contributed by atoms with Gasteiger partial charge in [-0.3, -0.25) is 14.4 Å². The van der Waals surface area contributed by atoms with E-state index < -0.39 is 5.56 Å². The third kappa shape index (κ3) is 3.54. The number of aromatic amines is 1. The Bertz CT molecular complexity index is 898. The number of rotatable bonds is 4. The lowest BCUT2D eigenvalue weighted by molar-refractivity contribution is 0.0783. The van der Waals surface area contributed by atoms with E-state index >= 15 is 0 Å². The normalized spacial score (nSPS) is 13.3. The number of aromatic nitrogens is 1. The summed E-state index contributed by atoms with van der Waals surface area (Å²) in [5.74, 6) is -0.400. The minimum absolute atomic E-state index is 0.0153. The van der Waals surface area contributed by atoms with Crippen LogP contribution in [0.4, 0.5) is 5.69 Å². The van der Waals surface area contributed by atoms with Gasteiger partial charge in [0.15, 0.2) is 5.78 Å². The number of pyridine rings is 1. The number of H-pyrrole nitrogens is 1. The van der Waals surface area contributed by atoms with Crippen molar-refractivity contribution in [2.75, 3.05) is 26.0 Å². The fourth-order valence-corrected chi connectivity index (χ4v) is 3.18. The zero-order valence-corrected chi connectivity index (χ0v) is 15.3. The Labute approximate surface area is 152 Å². The highest BCUT2D eigenvalue weighted by Gasteiger charge is 2.23. The van der Waals surface area contributed by atoms with Crippen molar-refractivity contribution in [3.05, 3.63) is 63.1 Å². The van der Waals surface area contributed by atoms with Crippen LogP contribution >= 0.6 is 0 Å². The fourth-order valence-electron chi connectivity index (χ4n) is 3.18. The van der Waals surface area contributed by atoms with Gasteiger partial charge in [-0.1, -0.05) is 12.1 Å². The maximum atomic E-state index is 12.7. The highest BCUT2D eigenvalue weighted by Crippen LogP contribution is 2.19. The third-order valence-corrected chi connectivity index (χ3v) is 4.70. The molecule has 0 atom stereocenters. The Morgan fingerprint density at radius 3 is 2.42 bits per heavy atom. The van der Waals surface area contributed by atoms with Gasteiger partial charge >= 0.3 is 0 Å². The number of hydrogen-bond acceptors (Lipinski definition) is 4. The number of hydrogen-bond donors (Lipinski definition) is 1. The van der Waals surface area contributed by atoms with Crippen molar-refractivity contribution in [1.29, 1.82) is 0 Å². The molecule has 1 N–H and O–H groups in total. The van der Waals surface area contributed by atoms with Gasteiger partial charge in [0.05, 0.1) is 0 Å². The van der Waals surface area contributed by atoms with Gasteiger partial charge in [0.1, 0.15) is 5.56 Å². The van der Waals surface area contributed by atoms with Crippen LogP contribution in [0.2, 0.25) is 0 Å². The number of Topliss-reactive ketones (excluding diaryl/α,β-unsaturated/α-hetero) is 1. The predicted octanol–water partition coefficient (Wildman–Crippen LogP) is 2.23. The molecule has 0 saturated heterocycles. The van der Waals surface area contributed by atoms with E-state index in [1.807, 2.05) is 43.3 Å². The molecule has 0 bridgehead atoms. The van der Waals surface area contributed by atoms with E-state index in [1.165, 1.54) is 11.0 Å². The number of aryl methyl sites for hydroxylation is 1. The largest absolute Gasteiger partial charge is 0.378 e. The lowest BCUT2D eigenvalue weighted by Gasteiger charge is -2.20. The second-order valence-electron chi connectivity index (χ2n) is 6.90. The Balaban J connectivity index is 1.81. The summed E-state index contributed by atoms with van der Waals surface area (Å²) in [6, 6.07) is 9.35. The summed E-state index contributed by atoms with van der Waals surface area (Å²) in [6.45, 7) is 0.386. The van der Waals surface area contributed by atoms with Gasteiger partial charge < -0.3 is 14.8 Å². The minimum Gasteiger partial charge on any atom is -0.378 e. The molecule has 1 aliphatic rings. The molecule has 0 spiro atoms. The number of nitrogens with one attached hydrogen (secondary N) is 1. The summed E-state index contributed by atoms with van der Waals surface area (Å²) in [7, 11) is 5.59. The van der Waals surface area contributed by atoms with E-state index in [9.17, 15) is 14.4 Å². The standard InChI is InChI=1S/C20H23N3O3/c1-22(2)14-9-7-13(8-10-14)12-23(3)20(26)16-11-15-17(21-19(16)25)5-4-6-18(15)24/h7-11H,4-6,12H2,1-3H3,(H,21,25). The number of carbonyl (C=O) groups excluding carboxylic acids is 2. The van der Waals surface area contributed by atoms with Gasteiger partial charge in [0.2, 0.25) is 0 Å². The zero-order chi connectivity index (χ0) is 18.8. The topological polar surface area (TPSA) is 73.5 Å². The molecule has 6 heteroatoms. The van der Waals surface area contributed by atoms with Crippen molar-refractivity contribution in [2.45, 2.75) is 25.8 Å². The first-order valence-corrected chi connectivity index (χ1v) is 8.68. The van der Waals surface area contributed by atoms with Crippen LogP contribution in [-0.4, -0.2) is 42.7 Å².